The molecular formula is C14H20O3S. The van der Waals surface area contributed by atoms with E-state index in [4.69, 9.17) is 0 Å². The van der Waals surface area contributed by atoms with Crippen molar-refractivity contribution in [2.24, 2.45) is 5.92 Å². The third-order valence-corrected chi connectivity index (χ3v) is 4.18. The van der Waals surface area contributed by atoms with E-state index in [1.54, 1.807) is 6.92 Å². The minimum atomic E-state index is -1.04. The summed E-state index contributed by atoms with van der Waals surface area (Å²) >= 11 is 0. The minimum Gasteiger partial charge on any atom is -0.469 e. The first kappa shape index (κ1) is 14.9. The van der Waals surface area contributed by atoms with Crippen molar-refractivity contribution in [3.63, 3.8) is 0 Å². The lowest BCUT2D eigenvalue weighted by Gasteiger charge is -2.09. The Hall–Kier alpha value is -1.16. The van der Waals surface area contributed by atoms with Gasteiger partial charge in [0, 0.05) is 22.3 Å². The molecule has 2 atom stereocenters. The van der Waals surface area contributed by atoms with Gasteiger partial charge in [-0.15, -0.1) is 0 Å². The molecule has 3 nitrogen and oxygen atoms in total. The van der Waals surface area contributed by atoms with Crippen molar-refractivity contribution in [1.82, 2.24) is 0 Å². The molecule has 0 amide bonds. The van der Waals surface area contributed by atoms with Gasteiger partial charge >= 0.3 is 5.97 Å². The Bertz CT molecular complexity index is 434. The molecule has 4 heteroatoms. The highest BCUT2D eigenvalue weighted by Gasteiger charge is 2.16. The molecule has 2 unspecified atom stereocenters. The molecule has 1 aromatic carbocycles. The van der Waals surface area contributed by atoms with Crippen molar-refractivity contribution in [3.8, 4) is 0 Å². The number of hydrogen-bond donors (Lipinski definition) is 0. The quantitative estimate of drug-likeness (QED) is 0.770. The van der Waals surface area contributed by atoms with Gasteiger partial charge in [0.25, 0.3) is 0 Å². The second kappa shape index (κ2) is 6.69. The van der Waals surface area contributed by atoms with E-state index < -0.39 is 10.8 Å². The molecule has 1 rings (SSSR count). The number of ether oxygens (including phenoxy) is 1. The molecule has 0 saturated heterocycles. The van der Waals surface area contributed by atoms with E-state index in [0.717, 1.165) is 5.56 Å². The number of carbonyl (C=O) groups excluding carboxylic acids is 1. The van der Waals surface area contributed by atoms with E-state index in [9.17, 15) is 9.00 Å². The number of rotatable bonds is 5. The standard InChI is InChI=1S/C14H20O3S/c1-10-5-11(2)7-13(6-10)9-18(16)8-12(3)14(15)17-4/h5-7,12H,8-9H2,1-4H3. The molecule has 0 radical (unpaired) electrons. The van der Waals surface area contributed by atoms with Crippen LogP contribution in [0.4, 0.5) is 0 Å². The summed E-state index contributed by atoms with van der Waals surface area (Å²) in [5, 5.41) is 0. The molecule has 18 heavy (non-hydrogen) atoms. The van der Waals surface area contributed by atoms with Gasteiger partial charge in [0.05, 0.1) is 13.0 Å². The number of hydrogen-bond acceptors (Lipinski definition) is 3. The maximum Gasteiger partial charge on any atom is 0.309 e. The largest absolute Gasteiger partial charge is 0.469 e. The predicted octanol–water partition coefficient (Wildman–Crippen LogP) is 2.36. The summed E-state index contributed by atoms with van der Waals surface area (Å²) in [5.41, 5.74) is 3.40. The van der Waals surface area contributed by atoms with Crippen LogP contribution in [0, 0.1) is 19.8 Å². The van der Waals surface area contributed by atoms with E-state index in [1.807, 2.05) is 26.0 Å². The average Bonchev–Trinajstić information content (AvgIpc) is 2.25. The molecule has 0 spiro atoms. The lowest BCUT2D eigenvalue weighted by atomic mass is 10.1. The zero-order valence-electron chi connectivity index (χ0n) is 11.4. The topological polar surface area (TPSA) is 43.4 Å². The van der Waals surface area contributed by atoms with Crippen LogP contribution in [0.5, 0.6) is 0 Å². The minimum absolute atomic E-state index is 0.302. The van der Waals surface area contributed by atoms with Crippen molar-refractivity contribution in [3.05, 3.63) is 34.9 Å². The monoisotopic (exact) mass is 268 g/mol. The zero-order chi connectivity index (χ0) is 13.7. The number of aryl methyl sites for hydroxylation is 2. The van der Waals surface area contributed by atoms with E-state index in [0.29, 0.717) is 11.5 Å². The summed E-state index contributed by atoms with van der Waals surface area (Å²) in [6.07, 6.45) is 0. The molecule has 0 heterocycles. The van der Waals surface area contributed by atoms with Crippen molar-refractivity contribution in [1.29, 1.82) is 0 Å². The van der Waals surface area contributed by atoms with Crippen LogP contribution >= 0.6 is 0 Å². The zero-order valence-corrected chi connectivity index (χ0v) is 12.2. The maximum atomic E-state index is 12.0. The van der Waals surface area contributed by atoms with Gasteiger partial charge in [0.15, 0.2) is 0 Å². The molecule has 0 aliphatic carbocycles. The van der Waals surface area contributed by atoms with Gasteiger partial charge in [0.2, 0.25) is 0 Å². The summed E-state index contributed by atoms with van der Waals surface area (Å²) in [6, 6.07) is 6.16. The number of methoxy groups -OCH3 is 1. The lowest BCUT2D eigenvalue weighted by Crippen LogP contribution is -2.20. The van der Waals surface area contributed by atoms with E-state index >= 15 is 0 Å². The molecule has 0 bridgehead atoms. The van der Waals surface area contributed by atoms with Gasteiger partial charge < -0.3 is 4.74 Å². The fraction of sp³-hybridized carbons (Fsp3) is 0.500. The first-order chi connectivity index (χ1) is 8.42. The van der Waals surface area contributed by atoms with Crippen molar-refractivity contribution < 1.29 is 13.7 Å². The van der Waals surface area contributed by atoms with Crippen LogP contribution in [0.1, 0.15) is 23.6 Å². The van der Waals surface area contributed by atoms with E-state index in [-0.39, 0.29) is 11.9 Å². The highest BCUT2D eigenvalue weighted by atomic mass is 32.2. The van der Waals surface area contributed by atoms with E-state index in [1.165, 1.54) is 18.2 Å². The van der Waals surface area contributed by atoms with Crippen LogP contribution in [-0.2, 0) is 26.1 Å². The van der Waals surface area contributed by atoms with Gasteiger partial charge in [0.1, 0.15) is 0 Å². The second-order valence-corrected chi connectivity index (χ2v) is 6.17. The first-order valence-electron chi connectivity index (χ1n) is 5.92. The Morgan fingerprint density at radius 3 is 2.33 bits per heavy atom. The fourth-order valence-electron chi connectivity index (χ4n) is 1.95. The van der Waals surface area contributed by atoms with Crippen LogP contribution in [0.3, 0.4) is 0 Å². The normalized spacial score (nSPS) is 14.0. The third-order valence-electron chi connectivity index (χ3n) is 2.65. The first-order valence-corrected chi connectivity index (χ1v) is 7.41. The summed E-state index contributed by atoms with van der Waals surface area (Å²) < 4.78 is 16.6. The molecule has 0 saturated carbocycles. The molecule has 100 valence electrons. The summed E-state index contributed by atoms with van der Waals surface area (Å²) in [7, 11) is 0.312. The van der Waals surface area contributed by atoms with Crippen LogP contribution in [0.15, 0.2) is 18.2 Å². The molecule has 0 fully saturated rings. The van der Waals surface area contributed by atoms with Gasteiger partial charge in [-0.05, 0) is 19.4 Å². The summed E-state index contributed by atoms with van der Waals surface area (Å²) in [5.74, 6) is 0.217. The summed E-state index contributed by atoms with van der Waals surface area (Å²) in [6.45, 7) is 5.79. The SMILES string of the molecule is COC(=O)C(C)CS(=O)Cc1cc(C)cc(C)c1. The Kier molecular flexibility index (Phi) is 5.54. The Morgan fingerprint density at radius 2 is 1.83 bits per heavy atom. The Labute approximate surface area is 111 Å². The Balaban J connectivity index is 2.62. The summed E-state index contributed by atoms with van der Waals surface area (Å²) in [4.78, 5) is 11.3. The van der Waals surface area contributed by atoms with Crippen LogP contribution in [0.25, 0.3) is 0 Å². The third kappa shape index (κ3) is 4.61. The highest BCUT2D eigenvalue weighted by molar-refractivity contribution is 7.84. The van der Waals surface area contributed by atoms with E-state index in [2.05, 4.69) is 10.8 Å². The van der Waals surface area contributed by atoms with Crippen molar-refractivity contribution >= 4 is 16.8 Å². The van der Waals surface area contributed by atoms with Crippen molar-refractivity contribution in [2.45, 2.75) is 26.5 Å². The van der Waals surface area contributed by atoms with Gasteiger partial charge in [-0.1, -0.05) is 36.2 Å². The van der Waals surface area contributed by atoms with Gasteiger partial charge in [-0.25, -0.2) is 0 Å². The molecule has 1 aromatic rings. The molecule has 0 aliphatic heterocycles. The molecule has 0 N–H and O–H groups in total. The van der Waals surface area contributed by atoms with Crippen molar-refractivity contribution in [2.75, 3.05) is 12.9 Å². The van der Waals surface area contributed by atoms with Gasteiger partial charge in [-0.2, -0.15) is 0 Å². The second-order valence-electron chi connectivity index (χ2n) is 4.67. The average molecular weight is 268 g/mol. The molecular weight excluding hydrogens is 248 g/mol. The number of esters is 1. The predicted molar refractivity (Wildman–Crippen MR) is 73.8 cm³/mol. The number of benzene rings is 1. The van der Waals surface area contributed by atoms with Gasteiger partial charge in [-0.3, -0.25) is 9.00 Å². The highest BCUT2D eigenvalue weighted by Crippen LogP contribution is 2.12. The number of carbonyl (C=O) groups is 1. The van der Waals surface area contributed by atoms with Crippen LogP contribution in [0.2, 0.25) is 0 Å². The fourth-order valence-corrected chi connectivity index (χ4v) is 3.30. The molecule has 0 aromatic heterocycles. The smallest absolute Gasteiger partial charge is 0.309 e. The van der Waals surface area contributed by atoms with Crippen LogP contribution < -0.4 is 0 Å². The Morgan fingerprint density at radius 1 is 1.28 bits per heavy atom. The lowest BCUT2D eigenvalue weighted by molar-refractivity contribution is -0.144. The van der Waals surface area contributed by atoms with Crippen LogP contribution in [-0.4, -0.2) is 23.0 Å². The maximum absolute atomic E-state index is 12.0. The molecule has 0 aliphatic rings.